The highest BCUT2D eigenvalue weighted by Crippen LogP contribution is 2.22. The maximum atomic E-state index is 11.6. The van der Waals surface area contributed by atoms with Gasteiger partial charge in [-0.05, 0) is 31.2 Å². The van der Waals surface area contributed by atoms with Crippen molar-refractivity contribution in [1.82, 2.24) is 0 Å². The summed E-state index contributed by atoms with van der Waals surface area (Å²) in [4.78, 5) is 11.6. The number of halogens is 1. The zero-order chi connectivity index (χ0) is 11.4. The molecule has 1 aliphatic rings. The fourth-order valence-corrected chi connectivity index (χ4v) is 1.69. The van der Waals surface area contributed by atoms with Crippen molar-refractivity contribution in [2.24, 2.45) is 5.73 Å². The number of nitrogens with two attached hydrogens (primary N) is 1. The molecule has 0 saturated heterocycles. The normalized spacial score (nSPS) is 16.5. The van der Waals surface area contributed by atoms with Gasteiger partial charge in [-0.3, -0.25) is 4.79 Å². The van der Waals surface area contributed by atoms with Crippen LogP contribution in [0, 0.1) is 0 Å². The second kappa shape index (κ2) is 6.62. The molecule has 0 aliphatic heterocycles. The van der Waals surface area contributed by atoms with Crippen molar-refractivity contribution in [2.45, 2.75) is 37.8 Å². The van der Waals surface area contributed by atoms with Crippen molar-refractivity contribution < 1.29 is 9.53 Å². The minimum atomic E-state index is -0.539. The van der Waals surface area contributed by atoms with Crippen LogP contribution in [0.2, 0.25) is 0 Å². The van der Waals surface area contributed by atoms with E-state index in [2.05, 4.69) is 0 Å². The molecule has 0 radical (unpaired) electrons. The van der Waals surface area contributed by atoms with Crippen molar-refractivity contribution >= 4 is 18.4 Å². The minimum Gasteiger partial charge on any atom is -0.461 e. The number of rotatable bonds is 4. The number of hydrogen-bond donors (Lipinski definition) is 1. The predicted octanol–water partition coefficient (Wildman–Crippen LogP) is 2.07. The number of benzene rings is 1. The molecule has 3 nitrogen and oxygen atoms in total. The summed E-state index contributed by atoms with van der Waals surface area (Å²) in [7, 11) is 0. The van der Waals surface area contributed by atoms with Gasteiger partial charge in [0.05, 0.1) is 0 Å². The molecule has 0 spiro atoms. The average molecular weight is 256 g/mol. The largest absolute Gasteiger partial charge is 0.461 e. The molecule has 0 aromatic heterocycles. The monoisotopic (exact) mass is 255 g/mol. The number of carbonyl (C=O) groups excluding carboxylic acids is 1. The van der Waals surface area contributed by atoms with E-state index in [1.165, 1.54) is 0 Å². The van der Waals surface area contributed by atoms with Crippen molar-refractivity contribution in [2.75, 3.05) is 0 Å². The molecule has 0 amide bonds. The first-order chi connectivity index (χ1) is 7.75. The van der Waals surface area contributed by atoms with Crippen molar-refractivity contribution in [3.8, 4) is 0 Å². The summed E-state index contributed by atoms with van der Waals surface area (Å²) in [5, 5.41) is 0. The van der Waals surface area contributed by atoms with Crippen LogP contribution >= 0.6 is 12.4 Å². The molecule has 0 heterocycles. The summed E-state index contributed by atoms with van der Waals surface area (Å²) in [6, 6.07) is 9.23. The molecule has 1 fully saturated rings. The topological polar surface area (TPSA) is 52.3 Å². The highest BCUT2D eigenvalue weighted by atomic mass is 35.5. The zero-order valence-corrected chi connectivity index (χ0v) is 10.5. The van der Waals surface area contributed by atoms with Crippen molar-refractivity contribution in [1.29, 1.82) is 0 Å². The molecule has 0 unspecified atom stereocenters. The molecular weight excluding hydrogens is 238 g/mol. The van der Waals surface area contributed by atoms with Gasteiger partial charge in [0.25, 0.3) is 0 Å². The maximum absolute atomic E-state index is 11.6. The molecule has 4 heteroatoms. The number of carbonyl (C=O) groups is 1. The summed E-state index contributed by atoms with van der Waals surface area (Å²) in [6.07, 6.45) is 3.81. The molecule has 1 atom stereocenters. The Bertz CT molecular complexity index is 352. The lowest BCUT2D eigenvalue weighted by molar-refractivity contribution is -0.154. The van der Waals surface area contributed by atoms with Gasteiger partial charge in [0.2, 0.25) is 0 Å². The lowest BCUT2D eigenvalue weighted by atomic mass is 9.96. The Morgan fingerprint density at radius 1 is 1.35 bits per heavy atom. The minimum absolute atomic E-state index is 0. The van der Waals surface area contributed by atoms with E-state index in [0.717, 1.165) is 24.8 Å². The molecule has 1 aromatic rings. The molecule has 94 valence electrons. The number of hydrogen-bond acceptors (Lipinski definition) is 3. The van der Waals surface area contributed by atoms with E-state index in [1.807, 2.05) is 30.3 Å². The lowest BCUT2D eigenvalue weighted by Crippen LogP contribution is -2.38. The molecule has 1 aromatic carbocycles. The molecule has 2 N–H and O–H groups in total. The molecular formula is C13H18ClNO2. The Balaban J connectivity index is 0.00000144. The van der Waals surface area contributed by atoms with Crippen LogP contribution < -0.4 is 5.73 Å². The molecule has 17 heavy (non-hydrogen) atoms. The first kappa shape index (κ1) is 14.0. The lowest BCUT2D eigenvalue weighted by Gasteiger charge is -2.26. The fraction of sp³-hybridized carbons (Fsp3) is 0.462. The van der Waals surface area contributed by atoms with Crippen LogP contribution in [0.1, 0.15) is 24.8 Å². The van der Waals surface area contributed by atoms with E-state index in [4.69, 9.17) is 10.5 Å². The van der Waals surface area contributed by atoms with E-state index in [-0.39, 0.29) is 24.5 Å². The van der Waals surface area contributed by atoms with Crippen molar-refractivity contribution in [3.05, 3.63) is 35.9 Å². The van der Waals surface area contributed by atoms with Crippen molar-refractivity contribution in [3.63, 3.8) is 0 Å². The van der Waals surface area contributed by atoms with Gasteiger partial charge < -0.3 is 10.5 Å². The number of ether oxygens (including phenoxy) is 1. The first-order valence-corrected chi connectivity index (χ1v) is 5.75. The summed E-state index contributed by atoms with van der Waals surface area (Å²) in [5.74, 6) is -0.270. The van der Waals surface area contributed by atoms with Gasteiger partial charge in [-0.25, -0.2) is 0 Å². The van der Waals surface area contributed by atoms with Gasteiger partial charge in [0.1, 0.15) is 12.1 Å². The zero-order valence-electron chi connectivity index (χ0n) is 9.67. The van der Waals surface area contributed by atoms with Crippen LogP contribution in [0.25, 0.3) is 0 Å². The van der Waals surface area contributed by atoms with Crippen LogP contribution in [0.5, 0.6) is 0 Å². The summed E-state index contributed by atoms with van der Waals surface area (Å²) >= 11 is 0. The Morgan fingerprint density at radius 3 is 2.53 bits per heavy atom. The van der Waals surface area contributed by atoms with Gasteiger partial charge in [-0.15, -0.1) is 12.4 Å². The second-order valence-corrected chi connectivity index (χ2v) is 4.29. The van der Waals surface area contributed by atoms with Gasteiger partial charge >= 0.3 is 5.97 Å². The smallest absolute Gasteiger partial charge is 0.323 e. The standard InChI is InChI=1S/C13H17NO2.ClH/c14-12(9-10-5-2-1-3-6-10)13(15)16-11-7-4-8-11;/h1-3,5-6,11-12H,4,7-9,14H2;1H/t12-;/m0./s1. The molecule has 2 rings (SSSR count). The second-order valence-electron chi connectivity index (χ2n) is 4.29. The van der Waals surface area contributed by atoms with Crippen LogP contribution in [-0.4, -0.2) is 18.1 Å². The average Bonchev–Trinajstić information content (AvgIpc) is 2.24. The molecule has 1 saturated carbocycles. The van der Waals surface area contributed by atoms with Crippen LogP contribution in [0.4, 0.5) is 0 Å². The maximum Gasteiger partial charge on any atom is 0.323 e. The van der Waals surface area contributed by atoms with E-state index in [0.29, 0.717) is 6.42 Å². The van der Waals surface area contributed by atoms with Crippen LogP contribution in [-0.2, 0) is 16.0 Å². The first-order valence-electron chi connectivity index (χ1n) is 5.75. The van der Waals surface area contributed by atoms with E-state index < -0.39 is 6.04 Å². The highest BCUT2D eigenvalue weighted by molar-refractivity contribution is 5.85. The Morgan fingerprint density at radius 2 is 2.00 bits per heavy atom. The third kappa shape index (κ3) is 4.02. The summed E-state index contributed by atoms with van der Waals surface area (Å²) in [5.41, 5.74) is 6.87. The van der Waals surface area contributed by atoms with Gasteiger partial charge in [0.15, 0.2) is 0 Å². The van der Waals surface area contributed by atoms with E-state index in [1.54, 1.807) is 0 Å². The van der Waals surface area contributed by atoms with Gasteiger partial charge in [-0.1, -0.05) is 30.3 Å². The summed E-state index contributed by atoms with van der Waals surface area (Å²) < 4.78 is 5.26. The quantitative estimate of drug-likeness (QED) is 0.838. The molecule has 0 bridgehead atoms. The van der Waals surface area contributed by atoms with E-state index in [9.17, 15) is 4.79 Å². The predicted molar refractivity (Wildman–Crippen MR) is 69.1 cm³/mol. The Kier molecular flexibility index (Phi) is 5.45. The van der Waals surface area contributed by atoms with Gasteiger partial charge in [-0.2, -0.15) is 0 Å². The SMILES string of the molecule is Cl.N[C@@H](Cc1ccccc1)C(=O)OC1CCC1. The van der Waals surface area contributed by atoms with Crippen LogP contribution in [0.15, 0.2) is 30.3 Å². The van der Waals surface area contributed by atoms with E-state index >= 15 is 0 Å². The Labute approximate surface area is 108 Å². The van der Waals surface area contributed by atoms with Crippen LogP contribution in [0.3, 0.4) is 0 Å². The third-order valence-corrected chi connectivity index (χ3v) is 2.94. The Hall–Kier alpha value is -1.06. The third-order valence-electron chi connectivity index (χ3n) is 2.94. The highest BCUT2D eigenvalue weighted by Gasteiger charge is 2.24. The fourth-order valence-electron chi connectivity index (χ4n) is 1.69. The molecule has 1 aliphatic carbocycles. The number of esters is 1. The summed E-state index contributed by atoms with van der Waals surface area (Å²) in [6.45, 7) is 0. The van der Waals surface area contributed by atoms with Gasteiger partial charge in [0, 0.05) is 0 Å².